The van der Waals surface area contributed by atoms with Crippen LogP contribution in [0.1, 0.15) is 17.2 Å². The molecular weight excluding hydrogens is 310 g/mol. The van der Waals surface area contributed by atoms with Crippen molar-refractivity contribution >= 4 is 0 Å². The molecule has 21 heavy (non-hydrogen) atoms. The Balaban J connectivity index is 3.52. The molecule has 9 heteroatoms. The van der Waals surface area contributed by atoms with Gasteiger partial charge in [0.1, 0.15) is 11.6 Å². The van der Waals surface area contributed by atoms with Crippen LogP contribution in [-0.2, 0) is 0 Å². The number of aryl methyl sites for hydroxylation is 1. The summed E-state index contributed by atoms with van der Waals surface area (Å²) < 4.78 is 104. The van der Waals surface area contributed by atoms with Crippen LogP contribution in [-0.4, -0.2) is 19.4 Å². The summed E-state index contributed by atoms with van der Waals surface area (Å²) in [7, 11) is 0.774. The summed E-state index contributed by atoms with van der Waals surface area (Å²) in [4.78, 5) is 0. The maximum Gasteiger partial charge on any atom is 0.402 e. The van der Waals surface area contributed by atoms with Crippen LogP contribution in [0.15, 0.2) is 12.1 Å². The van der Waals surface area contributed by atoms with Gasteiger partial charge < -0.3 is 5.32 Å². The van der Waals surface area contributed by atoms with Crippen molar-refractivity contribution in [2.45, 2.75) is 25.3 Å². The van der Waals surface area contributed by atoms with Crippen molar-refractivity contribution < 1.29 is 35.1 Å². The highest BCUT2D eigenvalue weighted by Crippen LogP contribution is 2.47. The highest BCUT2D eigenvalue weighted by atomic mass is 19.4. The van der Waals surface area contributed by atoms with Gasteiger partial charge in [0, 0.05) is 5.56 Å². The van der Waals surface area contributed by atoms with Gasteiger partial charge in [-0.25, -0.2) is 8.78 Å². The first-order chi connectivity index (χ1) is 9.41. The third-order valence-electron chi connectivity index (χ3n) is 2.98. The van der Waals surface area contributed by atoms with E-state index in [0.29, 0.717) is 6.07 Å². The molecule has 0 saturated carbocycles. The molecule has 1 N–H and O–H groups in total. The van der Waals surface area contributed by atoms with Crippen molar-refractivity contribution in [1.29, 1.82) is 0 Å². The summed E-state index contributed by atoms with van der Waals surface area (Å²) in [5.74, 6) is -6.84. The average Bonchev–Trinajstić information content (AvgIpc) is 2.29. The van der Waals surface area contributed by atoms with E-state index in [4.69, 9.17) is 0 Å². The first-order valence-electron chi connectivity index (χ1n) is 5.66. The lowest BCUT2D eigenvalue weighted by molar-refractivity contribution is -0.292. The first-order valence-corrected chi connectivity index (χ1v) is 5.66. The maximum absolute atomic E-state index is 13.8. The summed E-state index contributed by atoms with van der Waals surface area (Å²) in [6, 6.07) is -1.07. The van der Waals surface area contributed by atoms with E-state index in [0.717, 1.165) is 20.0 Å². The molecule has 0 aliphatic heterocycles. The Bertz CT molecular complexity index is 491. The van der Waals surface area contributed by atoms with Gasteiger partial charge in [-0.2, -0.15) is 26.3 Å². The maximum atomic E-state index is 13.8. The van der Waals surface area contributed by atoms with Gasteiger partial charge >= 0.3 is 12.4 Å². The molecule has 0 aliphatic rings. The molecule has 1 rings (SSSR count). The summed E-state index contributed by atoms with van der Waals surface area (Å²) in [5, 5.41) is 1.72. The Morgan fingerprint density at radius 1 is 0.952 bits per heavy atom. The number of alkyl halides is 6. The van der Waals surface area contributed by atoms with Crippen LogP contribution in [0, 0.1) is 24.5 Å². The van der Waals surface area contributed by atoms with Crippen LogP contribution >= 0.6 is 0 Å². The van der Waals surface area contributed by atoms with Gasteiger partial charge in [-0.05, 0) is 25.6 Å². The van der Waals surface area contributed by atoms with Gasteiger partial charge in [0.15, 0.2) is 5.92 Å². The van der Waals surface area contributed by atoms with Crippen LogP contribution in [0.25, 0.3) is 0 Å². The van der Waals surface area contributed by atoms with Crippen LogP contribution < -0.4 is 5.32 Å². The summed E-state index contributed by atoms with van der Waals surface area (Å²) in [6.07, 6.45) is -11.4. The number of halogens is 8. The monoisotopic (exact) mass is 321 g/mol. The molecule has 0 spiro atoms. The van der Waals surface area contributed by atoms with Crippen LogP contribution in [0.4, 0.5) is 35.1 Å². The van der Waals surface area contributed by atoms with E-state index in [9.17, 15) is 35.1 Å². The van der Waals surface area contributed by atoms with E-state index in [1.54, 1.807) is 5.32 Å². The Labute approximate surface area is 114 Å². The highest BCUT2D eigenvalue weighted by Gasteiger charge is 2.61. The molecule has 1 nitrogen and oxygen atoms in total. The number of nitrogens with one attached hydrogen (secondary N) is 1. The second-order valence-electron chi connectivity index (χ2n) is 4.42. The fourth-order valence-electron chi connectivity index (χ4n) is 2.00. The fraction of sp³-hybridized carbons (Fsp3) is 0.500. The normalized spacial score (nSPS) is 14.6. The Morgan fingerprint density at radius 3 is 1.81 bits per heavy atom. The lowest BCUT2D eigenvalue weighted by atomic mass is 9.90. The van der Waals surface area contributed by atoms with E-state index in [1.165, 1.54) is 0 Å². The smallest absolute Gasteiger partial charge is 0.312 e. The van der Waals surface area contributed by atoms with Gasteiger partial charge in [-0.1, -0.05) is 6.07 Å². The van der Waals surface area contributed by atoms with Crippen LogP contribution in [0.3, 0.4) is 0 Å². The Morgan fingerprint density at radius 2 is 1.43 bits per heavy atom. The van der Waals surface area contributed by atoms with Gasteiger partial charge in [0.05, 0.1) is 6.04 Å². The van der Waals surface area contributed by atoms with E-state index < -0.39 is 41.5 Å². The molecular formula is C12H11F8N. The van der Waals surface area contributed by atoms with Crippen molar-refractivity contribution in [2.24, 2.45) is 5.92 Å². The largest absolute Gasteiger partial charge is 0.402 e. The SMILES string of the molecule is CNC(c1c(F)ccc(C)c1F)C(C(F)(F)F)C(F)(F)F. The van der Waals surface area contributed by atoms with Crippen molar-refractivity contribution in [1.82, 2.24) is 5.32 Å². The molecule has 1 atom stereocenters. The molecule has 0 fully saturated rings. The molecule has 0 bridgehead atoms. The summed E-state index contributed by atoms with van der Waals surface area (Å²) in [5.41, 5.74) is -1.54. The van der Waals surface area contributed by atoms with Crippen molar-refractivity contribution in [3.63, 3.8) is 0 Å². The second kappa shape index (κ2) is 5.78. The molecule has 1 aromatic rings. The molecule has 0 heterocycles. The van der Waals surface area contributed by atoms with Gasteiger partial charge in [0.25, 0.3) is 0 Å². The van der Waals surface area contributed by atoms with Crippen molar-refractivity contribution in [2.75, 3.05) is 7.05 Å². The Hall–Kier alpha value is -1.38. The van der Waals surface area contributed by atoms with E-state index in [1.807, 2.05) is 0 Å². The average molecular weight is 321 g/mol. The van der Waals surface area contributed by atoms with Crippen molar-refractivity contribution in [3.05, 3.63) is 34.9 Å². The molecule has 0 aromatic heterocycles. The second-order valence-corrected chi connectivity index (χ2v) is 4.42. The minimum atomic E-state index is -5.71. The van der Waals surface area contributed by atoms with Gasteiger partial charge in [-0.15, -0.1) is 0 Å². The predicted molar refractivity (Wildman–Crippen MR) is 58.5 cm³/mol. The lowest BCUT2D eigenvalue weighted by Crippen LogP contribution is -2.45. The number of hydrogen-bond donors (Lipinski definition) is 1. The third-order valence-corrected chi connectivity index (χ3v) is 2.98. The quantitative estimate of drug-likeness (QED) is 0.820. The zero-order chi connectivity index (χ0) is 16.6. The first kappa shape index (κ1) is 17.7. The number of rotatable bonds is 3. The van der Waals surface area contributed by atoms with E-state index in [-0.39, 0.29) is 5.56 Å². The number of benzene rings is 1. The molecule has 0 saturated heterocycles. The summed E-state index contributed by atoms with van der Waals surface area (Å²) >= 11 is 0. The van der Waals surface area contributed by atoms with Crippen LogP contribution in [0.5, 0.6) is 0 Å². The van der Waals surface area contributed by atoms with Gasteiger partial charge in [-0.3, -0.25) is 0 Å². The molecule has 1 aromatic carbocycles. The fourth-order valence-corrected chi connectivity index (χ4v) is 2.00. The Kier molecular flexibility index (Phi) is 4.87. The van der Waals surface area contributed by atoms with Gasteiger partial charge in [0.2, 0.25) is 0 Å². The van der Waals surface area contributed by atoms with Crippen LogP contribution in [0.2, 0.25) is 0 Å². The minimum Gasteiger partial charge on any atom is -0.312 e. The lowest BCUT2D eigenvalue weighted by Gasteiger charge is -2.31. The van der Waals surface area contributed by atoms with E-state index in [2.05, 4.69) is 0 Å². The molecule has 120 valence electrons. The molecule has 1 unspecified atom stereocenters. The third kappa shape index (κ3) is 3.63. The molecule has 0 amide bonds. The topological polar surface area (TPSA) is 12.0 Å². The molecule has 0 aliphatic carbocycles. The highest BCUT2D eigenvalue weighted by molar-refractivity contribution is 5.30. The zero-order valence-corrected chi connectivity index (χ0v) is 10.8. The summed E-state index contributed by atoms with van der Waals surface area (Å²) in [6.45, 7) is 1.11. The standard InChI is InChI=1S/C12H11F8N/c1-5-3-4-6(13)7(8(5)14)9(21-2)10(11(15,16)17)12(18,19)20/h3-4,9-10,21H,1-2H3. The minimum absolute atomic E-state index is 0.255. The van der Waals surface area contributed by atoms with E-state index >= 15 is 0 Å². The predicted octanol–water partition coefficient (Wildman–Crippen LogP) is 4.27. The zero-order valence-electron chi connectivity index (χ0n) is 10.8. The van der Waals surface area contributed by atoms with Crippen molar-refractivity contribution in [3.8, 4) is 0 Å². The number of hydrogen-bond acceptors (Lipinski definition) is 1. The molecule has 0 radical (unpaired) electrons.